The van der Waals surface area contributed by atoms with Gasteiger partial charge in [0.25, 0.3) is 0 Å². The zero-order valence-corrected chi connectivity index (χ0v) is 16.7. The van der Waals surface area contributed by atoms with Crippen molar-refractivity contribution in [3.05, 3.63) is 27.7 Å². The number of nitrogens with zero attached hydrogens (tertiary/aromatic N) is 1. The van der Waals surface area contributed by atoms with E-state index in [1.54, 1.807) is 0 Å². The van der Waals surface area contributed by atoms with Gasteiger partial charge in [-0.05, 0) is 44.4 Å². The van der Waals surface area contributed by atoms with E-state index in [-0.39, 0.29) is 16.8 Å². The van der Waals surface area contributed by atoms with Gasteiger partial charge in [0, 0.05) is 10.9 Å². The summed E-state index contributed by atoms with van der Waals surface area (Å²) >= 11 is 4.36. The molecule has 0 aliphatic carbocycles. The molecule has 0 unspecified atom stereocenters. The molecule has 0 saturated heterocycles. The Hall–Kier alpha value is -1.34. The SMILES string of the molecule is CCCC(=O)SCC(=O)N(c1c(C)ccc(Br)c1C)[C@@H](C)C(=O)O. The molecule has 1 aromatic carbocycles. The molecule has 0 fully saturated rings. The zero-order valence-electron chi connectivity index (χ0n) is 14.3. The van der Waals surface area contributed by atoms with Crippen molar-refractivity contribution in [1.29, 1.82) is 0 Å². The number of hydrogen-bond acceptors (Lipinski definition) is 4. The van der Waals surface area contributed by atoms with Crippen molar-refractivity contribution >= 4 is 50.4 Å². The molecule has 0 saturated carbocycles. The molecule has 1 aromatic rings. The molecule has 132 valence electrons. The largest absolute Gasteiger partial charge is 0.480 e. The molecule has 0 bridgehead atoms. The first-order valence-electron chi connectivity index (χ1n) is 7.66. The predicted octanol–water partition coefficient (Wildman–Crippen LogP) is 3.93. The van der Waals surface area contributed by atoms with Crippen LogP contribution in [-0.4, -0.2) is 33.9 Å². The number of anilines is 1. The van der Waals surface area contributed by atoms with Gasteiger partial charge in [-0.15, -0.1) is 0 Å². The van der Waals surface area contributed by atoms with Crippen molar-refractivity contribution in [2.45, 2.75) is 46.6 Å². The highest BCUT2D eigenvalue weighted by molar-refractivity contribution is 9.10. The second-order valence-electron chi connectivity index (χ2n) is 5.53. The van der Waals surface area contributed by atoms with Crippen molar-refractivity contribution in [1.82, 2.24) is 0 Å². The van der Waals surface area contributed by atoms with Gasteiger partial charge >= 0.3 is 5.97 Å². The number of rotatable bonds is 7. The summed E-state index contributed by atoms with van der Waals surface area (Å²) in [7, 11) is 0. The third-order valence-electron chi connectivity index (χ3n) is 3.63. The molecule has 1 atom stereocenters. The minimum Gasteiger partial charge on any atom is -0.480 e. The van der Waals surface area contributed by atoms with Gasteiger partial charge < -0.3 is 5.11 Å². The van der Waals surface area contributed by atoms with Crippen LogP contribution in [0.25, 0.3) is 0 Å². The minimum absolute atomic E-state index is 0.0588. The van der Waals surface area contributed by atoms with E-state index < -0.39 is 12.0 Å². The third kappa shape index (κ3) is 5.08. The number of carbonyl (C=O) groups excluding carboxylic acids is 2. The number of benzene rings is 1. The first-order valence-corrected chi connectivity index (χ1v) is 9.44. The van der Waals surface area contributed by atoms with Crippen LogP contribution in [0.5, 0.6) is 0 Å². The van der Waals surface area contributed by atoms with Gasteiger partial charge in [-0.2, -0.15) is 0 Å². The number of halogens is 1. The molecular formula is C17H22BrNO4S. The van der Waals surface area contributed by atoms with Crippen LogP contribution in [0.2, 0.25) is 0 Å². The number of thioether (sulfide) groups is 1. The summed E-state index contributed by atoms with van der Waals surface area (Å²) < 4.78 is 0.799. The quantitative estimate of drug-likeness (QED) is 0.729. The van der Waals surface area contributed by atoms with Crippen LogP contribution in [0.4, 0.5) is 5.69 Å². The monoisotopic (exact) mass is 415 g/mol. The van der Waals surface area contributed by atoms with Crippen LogP contribution in [0.15, 0.2) is 16.6 Å². The van der Waals surface area contributed by atoms with Crippen molar-refractivity contribution in [3.63, 3.8) is 0 Å². The van der Waals surface area contributed by atoms with E-state index in [1.165, 1.54) is 11.8 Å². The Balaban J connectivity index is 3.19. The van der Waals surface area contributed by atoms with E-state index in [0.717, 1.165) is 33.8 Å². The van der Waals surface area contributed by atoms with Gasteiger partial charge in [-0.25, -0.2) is 4.79 Å². The topological polar surface area (TPSA) is 74.7 Å². The maximum atomic E-state index is 12.7. The fraction of sp³-hybridized carbons (Fsp3) is 0.471. The van der Waals surface area contributed by atoms with E-state index in [4.69, 9.17) is 0 Å². The lowest BCUT2D eigenvalue weighted by Crippen LogP contribution is -2.45. The smallest absolute Gasteiger partial charge is 0.326 e. The first kappa shape index (κ1) is 20.7. The van der Waals surface area contributed by atoms with Crippen molar-refractivity contribution < 1.29 is 19.5 Å². The average molecular weight is 416 g/mol. The van der Waals surface area contributed by atoms with E-state index in [0.29, 0.717) is 12.1 Å². The number of aliphatic carboxylic acids is 1. The highest BCUT2D eigenvalue weighted by Gasteiger charge is 2.30. The molecule has 0 radical (unpaired) electrons. The number of carbonyl (C=O) groups is 3. The summed E-state index contributed by atoms with van der Waals surface area (Å²) in [6, 6.07) is 2.67. The summed E-state index contributed by atoms with van der Waals surface area (Å²) in [5.41, 5.74) is 2.18. The fourth-order valence-corrected chi connectivity index (χ4v) is 3.41. The Morgan fingerprint density at radius 1 is 1.29 bits per heavy atom. The van der Waals surface area contributed by atoms with E-state index in [9.17, 15) is 19.5 Å². The van der Waals surface area contributed by atoms with E-state index in [1.807, 2.05) is 32.9 Å². The third-order valence-corrected chi connectivity index (χ3v) is 5.41. The molecule has 0 heterocycles. The second-order valence-corrected chi connectivity index (χ2v) is 7.41. The number of carboxylic acid groups (broad SMARTS) is 1. The number of hydrogen-bond donors (Lipinski definition) is 1. The molecule has 1 N–H and O–H groups in total. The number of carboxylic acids is 1. The highest BCUT2D eigenvalue weighted by atomic mass is 79.9. The van der Waals surface area contributed by atoms with Gasteiger partial charge in [0.15, 0.2) is 5.12 Å². The summed E-state index contributed by atoms with van der Waals surface area (Å²) in [6.45, 7) is 7.03. The summed E-state index contributed by atoms with van der Waals surface area (Å²) in [5, 5.41) is 9.34. The maximum Gasteiger partial charge on any atom is 0.326 e. The minimum atomic E-state index is -1.09. The lowest BCUT2D eigenvalue weighted by atomic mass is 10.1. The molecule has 1 amide bonds. The van der Waals surface area contributed by atoms with E-state index >= 15 is 0 Å². The molecule has 0 aromatic heterocycles. The summed E-state index contributed by atoms with van der Waals surface area (Å²) in [6.07, 6.45) is 1.13. The standard InChI is InChI=1S/C17H22BrNO4S/c1-5-6-15(21)24-9-14(20)19(12(4)17(22)23)16-10(2)7-8-13(18)11(16)3/h7-8,12H,5-6,9H2,1-4H3,(H,22,23)/t12-/m0/s1. The van der Waals surface area contributed by atoms with Crippen molar-refractivity contribution in [2.75, 3.05) is 10.7 Å². The van der Waals surface area contributed by atoms with Crippen molar-refractivity contribution in [2.24, 2.45) is 0 Å². The Morgan fingerprint density at radius 2 is 1.92 bits per heavy atom. The Bertz CT molecular complexity index is 648. The highest BCUT2D eigenvalue weighted by Crippen LogP contribution is 2.32. The molecule has 0 aliphatic rings. The van der Waals surface area contributed by atoms with Gasteiger partial charge in [0.1, 0.15) is 6.04 Å². The molecule has 24 heavy (non-hydrogen) atoms. The van der Waals surface area contributed by atoms with Crippen LogP contribution in [-0.2, 0) is 14.4 Å². The van der Waals surface area contributed by atoms with Crippen LogP contribution >= 0.6 is 27.7 Å². The van der Waals surface area contributed by atoms with Gasteiger partial charge in [0.05, 0.1) is 11.4 Å². The molecular weight excluding hydrogens is 394 g/mol. The Kier molecular flexibility index (Phi) is 7.96. The van der Waals surface area contributed by atoms with Crippen LogP contribution < -0.4 is 4.90 Å². The average Bonchev–Trinajstić information content (AvgIpc) is 2.52. The zero-order chi connectivity index (χ0) is 18.4. The van der Waals surface area contributed by atoms with Gasteiger partial charge in [-0.3, -0.25) is 14.5 Å². The molecule has 7 heteroatoms. The lowest BCUT2D eigenvalue weighted by molar-refractivity contribution is -0.139. The van der Waals surface area contributed by atoms with Crippen LogP contribution in [0.3, 0.4) is 0 Å². The number of aryl methyl sites for hydroxylation is 1. The maximum absolute atomic E-state index is 12.7. The predicted molar refractivity (Wildman–Crippen MR) is 101 cm³/mol. The Morgan fingerprint density at radius 3 is 2.46 bits per heavy atom. The lowest BCUT2D eigenvalue weighted by Gasteiger charge is -2.30. The number of amides is 1. The normalized spacial score (nSPS) is 11.9. The molecule has 1 rings (SSSR count). The first-order chi connectivity index (χ1) is 11.2. The van der Waals surface area contributed by atoms with Gasteiger partial charge in [0.2, 0.25) is 5.91 Å². The molecule has 0 spiro atoms. The fourth-order valence-electron chi connectivity index (χ4n) is 2.31. The summed E-state index contributed by atoms with van der Waals surface area (Å²) in [5.74, 6) is -1.54. The summed E-state index contributed by atoms with van der Waals surface area (Å²) in [4.78, 5) is 37.1. The van der Waals surface area contributed by atoms with Crippen LogP contribution in [0.1, 0.15) is 37.8 Å². The van der Waals surface area contributed by atoms with Crippen molar-refractivity contribution in [3.8, 4) is 0 Å². The molecule has 5 nitrogen and oxygen atoms in total. The molecule has 0 aliphatic heterocycles. The second kappa shape index (κ2) is 9.22. The van der Waals surface area contributed by atoms with Gasteiger partial charge in [-0.1, -0.05) is 40.7 Å². The van der Waals surface area contributed by atoms with Crippen LogP contribution in [0, 0.1) is 13.8 Å². The Labute approximate surface area is 154 Å². The van der Waals surface area contributed by atoms with E-state index in [2.05, 4.69) is 15.9 Å².